The molecule has 0 radical (unpaired) electrons. The number of Topliss-reactive ketones (excluding diaryl/α,β-unsaturated/α-hetero) is 1. The summed E-state index contributed by atoms with van der Waals surface area (Å²) in [4.78, 5) is 11.3. The van der Waals surface area contributed by atoms with E-state index in [0.29, 0.717) is 6.42 Å². The molecule has 62 valence electrons. The maximum Gasteiger partial charge on any atom is 0.160 e. The van der Waals surface area contributed by atoms with Gasteiger partial charge in [0.05, 0.1) is 0 Å². The van der Waals surface area contributed by atoms with E-state index in [-0.39, 0.29) is 5.78 Å². The highest BCUT2D eigenvalue weighted by Gasteiger charge is 2.13. The first-order valence-corrected chi connectivity index (χ1v) is 4.39. The molecule has 0 amide bonds. The average molecular weight is 168 g/mol. The number of rotatable bonds is 0. The summed E-state index contributed by atoms with van der Waals surface area (Å²) in [5.74, 6) is 0.214. The summed E-state index contributed by atoms with van der Waals surface area (Å²) in [6.45, 7) is 0. The van der Waals surface area contributed by atoms with Gasteiger partial charge in [0.15, 0.2) is 5.78 Å². The fraction of sp³-hybridized carbons (Fsp3) is 0.0833. The van der Waals surface area contributed by atoms with Gasteiger partial charge in [0, 0.05) is 6.42 Å². The van der Waals surface area contributed by atoms with Crippen LogP contribution in [0.3, 0.4) is 0 Å². The Labute approximate surface area is 75.7 Å². The first-order chi connectivity index (χ1) is 6.34. The van der Waals surface area contributed by atoms with Gasteiger partial charge in [-0.05, 0) is 27.6 Å². The molecule has 0 atom stereocenters. The number of hydrogen-bond acceptors (Lipinski definition) is 1. The van der Waals surface area contributed by atoms with E-state index in [1.165, 1.54) is 16.4 Å². The van der Waals surface area contributed by atoms with Gasteiger partial charge in [-0.25, -0.2) is 0 Å². The van der Waals surface area contributed by atoms with Gasteiger partial charge in [-0.15, -0.1) is 0 Å². The van der Waals surface area contributed by atoms with Crippen LogP contribution in [0.1, 0.15) is 12.0 Å². The Morgan fingerprint density at radius 1 is 1.15 bits per heavy atom. The van der Waals surface area contributed by atoms with Gasteiger partial charge in [0.1, 0.15) is 0 Å². The highest BCUT2D eigenvalue weighted by Crippen LogP contribution is 2.14. The molecule has 0 saturated heterocycles. The van der Waals surface area contributed by atoms with E-state index in [2.05, 4.69) is 18.2 Å². The molecule has 0 bridgehead atoms. The second kappa shape index (κ2) is 2.19. The van der Waals surface area contributed by atoms with Gasteiger partial charge in [0.25, 0.3) is 0 Å². The van der Waals surface area contributed by atoms with Crippen LogP contribution in [-0.4, -0.2) is 5.78 Å². The Hall–Kier alpha value is -1.63. The van der Waals surface area contributed by atoms with E-state index in [4.69, 9.17) is 0 Å². The van der Waals surface area contributed by atoms with Crippen molar-refractivity contribution >= 4 is 23.5 Å². The monoisotopic (exact) mass is 168 g/mol. The Morgan fingerprint density at radius 3 is 3.00 bits per heavy atom. The lowest BCUT2D eigenvalue weighted by molar-refractivity contribution is -0.112. The molecule has 2 aliphatic carbocycles. The molecular weight excluding hydrogens is 160 g/mol. The van der Waals surface area contributed by atoms with Gasteiger partial charge in [0.2, 0.25) is 0 Å². The Morgan fingerprint density at radius 2 is 2.08 bits per heavy atom. The van der Waals surface area contributed by atoms with Crippen molar-refractivity contribution in [3.8, 4) is 0 Å². The lowest BCUT2D eigenvalue weighted by Crippen LogP contribution is -2.32. The van der Waals surface area contributed by atoms with Crippen molar-refractivity contribution in [3.63, 3.8) is 0 Å². The molecule has 1 aromatic carbocycles. The van der Waals surface area contributed by atoms with E-state index < -0.39 is 0 Å². The van der Waals surface area contributed by atoms with Crippen LogP contribution < -0.4 is 10.4 Å². The molecule has 0 aromatic heterocycles. The van der Waals surface area contributed by atoms with Gasteiger partial charge >= 0.3 is 0 Å². The van der Waals surface area contributed by atoms with Crippen LogP contribution in [-0.2, 0) is 4.79 Å². The molecule has 2 aliphatic rings. The van der Waals surface area contributed by atoms with Crippen molar-refractivity contribution in [1.29, 1.82) is 0 Å². The maximum absolute atomic E-state index is 11.3. The highest BCUT2D eigenvalue weighted by atomic mass is 16.1. The molecule has 0 fully saturated rings. The van der Waals surface area contributed by atoms with Crippen LogP contribution in [0.2, 0.25) is 0 Å². The van der Waals surface area contributed by atoms with Crippen molar-refractivity contribution in [3.05, 3.63) is 40.3 Å². The molecule has 1 heteroatoms. The van der Waals surface area contributed by atoms with E-state index in [1.54, 1.807) is 6.08 Å². The zero-order valence-electron chi connectivity index (χ0n) is 7.08. The van der Waals surface area contributed by atoms with E-state index in [1.807, 2.05) is 12.1 Å². The highest BCUT2D eigenvalue weighted by molar-refractivity contribution is 6.12. The largest absolute Gasteiger partial charge is 0.294 e. The van der Waals surface area contributed by atoms with Crippen LogP contribution in [0.15, 0.2) is 24.3 Å². The number of carbonyl (C=O) groups excluding carboxylic acids is 1. The minimum atomic E-state index is 0.214. The molecular formula is C12H8O. The van der Waals surface area contributed by atoms with Crippen LogP contribution in [0, 0.1) is 0 Å². The molecule has 0 heterocycles. The molecule has 0 saturated carbocycles. The second-order valence-corrected chi connectivity index (χ2v) is 3.46. The Bertz CT molecular complexity index is 547. The summed E-state index contributed by atoms with van der Waals surface area (Å²) in [5.41, 5.74) is 2.43. The zero-order valence-corrected chi connectivity index (χ0v) is 7.08. The zero-order chi connectivity index (χ0) is 8.84. The normalized spacial score (nSPS) is 17.2. The van der Waals surface area contributed by atoms with E-state index in [0.717, 1.165) is 5.22 Å². The van der Waals surface area contributed by atoms with Crippen molar-refractivity contribution in [2.75, 3.05) is 0 Å². The van der Waals surface area contributed by atoms with Crippen molar-refractivity contribution in [2.45, 2.75) is 6.42 Å². The summed E-state index contributed by atoms with van der Waals surface area (Å²) in [5, 5.41) is 2.34. The van der Waals surface area contributed by atoms with Crippen molar-refractivity contribution < 1.29 is 4.79 Å². The fourth-order valence-corrected chi connectivity index (χ4v) is 2.05. The first kappa shape index (κ1) is 6.84. The van der Waals surface area contributed by atoms with Crippen molar-refractivity contribution in [2.24, 2.45) is 0 Å². The summed E-state index contributed by atoms with van der Waals surface area (Å²) >= 11 is 0. The van der Waals surface area contributed by atoms with Crippen LogP contribution in [0.4, 0.5) is 0 Å². The number of ketones is 1. The molecule has 13 heavy (non-hydrogen) atoms. The molecule has 0 aliphatic heterocycles. The third kappa shape index (κ3) is 0.842. The smallest absolute Gasteiger partial charge is 0.160 e. The summed E-state index contributed by atoms with van der Waals surface area (Å²) in [7, 11) is 0. The quantitative estimate of drug-likeness (QED) is 0.555. The molecule has 1 nitrogen and oxygen atoms in total. The van der Waals surface area contributed by atoms with Gasteiger partial charge in [-0.1, -0.05) is 30.4 Å². The van der Waals surface area contributed by atoms with Crippen molar-refractivity contribution in [1.82, 2.24) is 0 Å². The number of benzene rings is 1. The second-order valence-electron chi connectivity index (χ2n) is 3.46. The van der Waals surface area contributed by atoms with Gasteiger partial charge in [-0.2, -0.15) is 0 Å². The third-order valence-corrected chi connectivity index (χ3v) is 2.60. The summed E-state index contributed by atoms with van der Waals surface area (Å²) < 4.78 is 0. The summed E-state index contributed by atoms with van der Waals surface area (Å²) in [6.07, 6.45) is 6.45. The number of hydrogen-bond donors (Lipinski definition) is 0. The standard InChI is InChI=1S/C12H8O/c13-11-6-9-3-1-2-8-4-5-10(7-11)12(8)9/h1-6H,7H2. The molecule has 0 N–H and O–H groups in total. The van der Waals surface area contributed by atoms with Crippen LogP contribution in [0.5, 0.6) is 0 Å². The van der Waals surface area contributed by atoms with E-state index >= 15 is 0 Å². The minimum absolute atomic E-state index is 0.214. The Kier molecular flexibility index (Phi) is 1.15. The van der Waals surface area contributed by atoms with Crippen LogP contribution in [0.25, 0.3) is 17.7 Å². The Balaban J connectivity index is 2.58. The van der Waals surface area contributed by atoms with E-state index in [9.17, 15) is 4.79 Å². The summed E-state index contributed by atoms with van der Waals surface area (Å²) in [6, 6.07) is 6.09. The minimum Gasteiger partial charge on any atom is -0.294 e. The van der Waals surface area contributed by atoms with Gasteiger partial charge < -0.3 is 0 Å². The molecule has 0 spiro atoms. The molecule has 1 aromatic rings. The number of allylic oxidation sites excluding steroid dienone is 1. The number of carbonyl (C=O) groups is 1. The maximum atomic E-state index is 11.3. The molecule has 0 unspecified atom stereocenters. The van der Waals surface area contributed by atoms with Gasteiger partial charge in [-0.3, -0.25) is 4.79 Å². The first-order valence-electron chi connectivity index (χ1n) is 4.39. The third-order valence-electron chi connectivity index (χ3n) is 2.60. The topological polar surface area (TPSA) is 17.1 Å². The lowest BCUT2D eigenvalue weighted by Gasteiger charge is -2.03. The molecule has 3 rings (SSSR count). The van der Waals surface area contributed by atoms with Crippen LogP contribution >= 0.6 is 0 Å². The SMILES string of the molecule is O=C1C=c2cccc3c2=C(C=C3)C1. The lowest BCUT2D eigenvalue weighted by atomic mass is 10.00. The fourth-order valence-electron chi connectivity index (χ4n) is 2.05. The average Bonchev–Trinajstić information content (AvgIpc) is 2.50. The predicted octanol–water partition coefficient (Wildman–Crippen LogP) is 0.617. The predicted molar refractivity (Wildman–Crippen MR) is 52.2 cm³/mol.